The van der Waals surface area contributed by atoms with Crippen molar-refractivity contribution >= 4 is 0 Å². The first-order valence-electron chi connectivity index (χ1n) is 4.50. The topological polar surface area (TPSA) is 35.2 Å². The van der Waals surface area contributed by atoms with E-state index in [1.54, 1.807) is 0 Å². The Balaban J connectivity index is 3.15. The maximum atomic E-state index is 5.79. The highest BCUT2D eigenvalue weighted by molar-refractivity contribution is 4.61. The second kappa shape index (κ2) is 6.62. The third-order valence-corrected chi connectivity index (χ3v) is 1.45. The highest BCUT2D eigenvalue weighted by atomic mass is 16.5. The molecule has 0 saturated carbocycles. The predicted molar refractivity (Wildman–Crippen MR) is 48.5 cm³/mol. The Morgan fingerprint density at radius 3 is 2.45 bits per heavy atom. The number of nitrogens with two attached hydrogens (primary N) is 1. The zero-order chi connectivity index (χ0) is 8.69. The number of hydrogen-bond donors (Lipinski definition) is 1. The molecule has 0 aliphatic rings. The van der Waals surface area contributed by atoms with Crippen molar-refractivity contribution in [3.8, 4) is 0 Å². The molecule has 0 aromatic heterocycles. The van der Waals surface area contributed by atoms with Crippen LogP contribution in [0.1, 0.15) is 33.6 Å². The molecule has 0 aliphatic carbocycles. The molecule has 0 aliphatic heterocycles. The maximum absolute atomic E-state index is 5.79. The van der Waals surface area contributed by atoms with Gasteiger partial charge < -0.3 is 10.5 Å². The first-order chi connectivity index (χ1) is 5.16. The summed E-state index contributed by atoms with van der Waals surface area (Å²) in [4.78, 5) is 0. The van der Waals surface area contributed by atoms with Crippen molar-refractivity contribution in [2.45, 2.75) is 39.7 Å². The predicted octanol–water partition coefficient (Wildman–Crippen LogP) is 1.79. The summed E-state index contributed by atoms with van der Waals surface area (Å²) in [7, 11) is 0. The molecule has 2 nitrogen and oxygen atoms in total. The van der Waals surface area contributed by atoms with Gasteiger partial charge in [0.25, 0.3) is 0 Å². The van der Waals surface area contributed by atoms with Gasteiger partial charge in [0.05, 0.1) is 6.61 Å². The van der Waals surface area contributed by atoms with Crippen LogP contribution in [0.25, 0.3) is 0 Å². The van der Waals surface area contributed by atoms with Gasteiger partial charge in [-0.15, -0.1) is 0 Å². The van der Waals surface area contributed by atoms with Crippen molar-refractivity contribution in [2.75, 3.05) is 13.2 Å². The van der Waals surface area contributed by atoms with Crippen molar-refractivity contribution in [3.63, 3.8) is 0 Å². The van der Waals surface area contributed by atoms with Crippen LogP contribution in [0, 0.1) is 5.92 Å². The Morgan fingerprint density at radius 2 is 2.00 bits per heavy atom. The summed E-state index contributed by atoms with van der Waals surface area (Å²) in [5, 5.41) is 0. The van der Waals surface area contributed by atoms with Crippen LogP contribution in [0.3, 0.4) is 0 Å². The lowest BCUT2D eigenvalue weighted by Crippen LogP contribution is -2.27. The van der Waals surface area contributed by atoms with Gasteiger partial charge >= 0.3 is 0 Å². The van der Waals surface area contributed by atoms with Gasteiger partial charge in [0, 0.05) is 12.6 Å². The van der Waals surface area contributed by atoms with Crippen molar-refractivity contribution < 1.29 is 4.74 Å². The first kappa shape index (κ1) is 10.9. The van der Waals surface area contributed by atoms with Gasteiger partial charge in [0.15, 0.2) is 0 Å². The Labute approximate surface area is 70.1 Å². The van der Waals surface area contributed by atoms with Gasteiger partial charge in [0.1, 0.15) is 0 Å². The molecule has 0 bridgehead atoms. The minimum Gasteiger partial charge on any atom is -0.380 e. The van der Waals surface area contributed by atoms with E-state index in [4.69, 9.17) is 10.5 Å². The lowest BCUT2D eigenvalue weighted by molar-refractivity contribution is 0.116. The van der Waals surface area contributed by atoms with E-state index in [0.717, 1.165) is 19.4 Å². The highest BCUT2D eigenvalue weighted by Crippen LogP contribution is 2.02. The molecule has 0 rings (SSSR count). The fraction of sp³-hybridized carbons (Fsp3) is 1.00. The smallest absolute Gasteiger partial charge is 0.0617 e. The lowest BCUT2D eigenvalue weighted by Gasteiger charge is -2.13. The summed E-state index contributed by atoms with van der Waals surface area (Å²) in [6.07, 6.45) is 2.14. The molecule has 0 spiro atoms. The van der Waals surface area contributed by atoms with Crippen LogP contribution in [-0.2, 0) is 4.74 Å². The quantitative estimate of drug-likeness (QED) is 0.600. The molecule has 11 heavy (non-hydrogen) atoms. The molecular formula is C9H21NO. The summed E-state index contributed by atoms with van der Waals surface area (Å²) in [5.41, 5.74) is 5.79. The van der Waals surface area contributed by atoms with Gasteiger partial charge in [0.2, 0.25) is 0 Å². The molecule has 2 heteroatoms. The molecule has 0 fully saturated rings. The van der Waals surface area contributed by atoms with Gasteiger partial charge in [-0.05, 0) is 18.8 Å². The zero-order valence-electron chi connectivity index (χ0n) is 7.97. The van der Waals surface area contributed by atoms with E-state index in [1.165, 1.54) is 0 Å². The molecule has 2 N–H and O–H groups in total. The van der Waals surface area contributed by atoms with Crippen molar-refractivity contribution in [2.24, 2.45) is 11.7 Å². The Hall–Kier alpha value is -0.0800. The molecule has 0 aromatic rings. The molecular weight excluding hydrogens is 138 g/mol. The van der Waals surface area contributed by atoms with Gasteiger partial charge in [-0.3, -0.25) is 0 Å². The van der Waals surface area contributed by atoms with Crippen LogP contribution in [0.4, 0.5) is 0 Å². The molecule has 0 radical (unpaired) electrons. The number of hydrogen-bond acceptors (Lipinski definition) is 2. The molecule has 0 saturated heterocycles. The fourth-order valence-corrected chi connectivity index (χ4v) is 1.05. The largest absolute Gasteiger partial charge is 0.380 e. The molecule has 1 unspecified atom stereocenters. The van der Waals surface area contributed by atoms with E-state index in [1.807, 2.05) is 0 Å². The summed E-state index contributed by atoms with van der Waals surface area (Å²) in [6.45, 7) is 8.02. The molecule has 0 amide bonds. The summed E-state index contributed by atoms with van der Waals surface area (Å²) >= 11 is 0. The van der Waals surface area contributed by atoms with E-state index in [-0.39, 0.29) is 6.04 Å². The Bertz CT molecular complexity index is 83.6. The Morgan fingerprint density at radius 1 is 1.36 bits per heavy atom. The minimum atomic E-state index is 0.224. The molecule has 0 aromatic carbocycles. The van der Waals surface area contributed by atoms with Gasteiger partial charge in [-0.2, -0.15) is 0 Å². The second-order valence-corrected chi connectivity index (χ2v) is 3.46. The molecule has 68 valence electrons. The minimum absolute atomic E-state index is 0.224. The SMILES string of the molecule is CCCOCC(N)CC(C)C. The highest BCUT2D eigenvalue weighted by Gasteiger charge is 2.04. The lowest BCUT2D eigenvalue weighted by atomic mass is 10.1. The van der Waals surface area contributed by atoms with Crippen molar-refractivity contribution in [3.05, 3.63) is 0 Å². The maximum Gasteiger partial charge on any atom is 0.0617 e. The van der Waals surface area contributed by atoms with Crippen LogP contribution < -0.4 is 5.73 Å². The summed E-state index contributed by atoms with van der Waals surface area (Å²) in [5.74, 6) is 0.676. The van der Waals surface area contributed by atoms with Crippen LogP contribution >= 0.6 is 0 Å². The zero-order valence-corrected chi connectivity index (χ0v) is 7.97. The van der Waals surface area contributed by atoms with Crippen molar-refractivity contribution in [1.29, 1.82) is 0 Å². The van der Waals surface area contributed by atoms with E-state index >= 15 is 0 Å². The van der Waals surface area contributed by atoms with E-state index in [9.17, 15) is 0 Å². The summed E-state index contributed by atoms with van der Waals surface area (Å²) in [6, 6.07) is 0.224. The normalized spacial score (nSPS) is 13.9. The monoisotopic (exact) mass is 159 g/mol. The van der Waals surface area contributed by atoms with Crippen LogP contribution in [0.2, 0.25) is 0 Å². The number of ether oxygens (including phenoxy) is 1. The Kier molecular flexibility index (Phi) is 6.57. The van der Waals surface area contributed by atoms with Crippen LogP contribution in [-0.4, -0.2) is 19.3 Å². The number of rotatable bonds is 6. The molecule has 0 heterocycles. The van der Waals surface area contributed by atoms with Crippen LogP contribution in [0.15, 0.2) is 0 Å². The fourth-order valence-electron chi connectivity index (χ4n) is 1.05. The second-order valence-electron chi connectivity index (χ2n) is 3.46. The summed E-state index contributed by atoms with van der Waals surface area (Å²) < 4.78 is 5.32. The van der Waals surface area contributed by atoms with Crippen molar-refractivity contribution in [1.82, 2.24) is 0 Å². The van der Waals surface area contributed by atoms with E-state index in [0.29, 0.717) is 12.5 Å². The average Bonchev–Trinajstić information content (AvgIpc) is 1.86. The average molecular weight is 159 g/mol. The first-order valence-corrected chi connectivity index (χ1v) is 4.50. The van der Waals surface area contributed by atoms with Gasteiger partial charge in [-0.25, -0.2) is 0 Å². The van der Waals surface area contributed by atoms with E-state index in [2.05, 4.69) is 20.8 Å². The standard InChI is InChI=1S/C9H21NO/c1-4-5-11-7-9(10)6-8(2)3/h8-9H,4-7,10H2,1-3H3. The van der Waals surface area contributed by atoms with Crippen LogP contribution in [0.5, 0.6) is 0 Å². The molecule has 1 atom stereocenters. The third-order valence-electron chi connectivity index (χ3n) is 1.45. The third kappa shape index (κ3) is 7.82. The van der Waals surface area contributed by atoms with E-state index < -0.39 is 0 Å². The van der Waals surface area contributed by atoms with Gasteiger partial charge in [-0.1, -0.05) is 20.8 Å².